The number of aryl methyl sites for hydroxylation is 1. The third-order valence-corrected chi connectivity index (χ3v) is 4.76. The van der Waals surface area contributed by atoms with Crippen molar-refractivity contribution in [2.24, 2.45) is 7.05 Å². The van der Waals surface area contributed by atoms with Gasteiger partial charge >= 0.3 is 10.2 Å². The van der Waals surface area contributed by atoms with E-state index in [4.69, 9.17) is 0 Å². The Hall–Kier alpha value is -2.39. The highest BCUT2D eigenvalue weighted by atomic mass is 32.2. The first kappa shape index (κ1) is 14.5. The van der Waals surface area contributed by atoms with Gasteiger partial charge in [0.15, 0.2) is 5.13 Å². The number of fused-ring (bicyclic) bond motifs is 1. The number of amides is 1. The maximum atomic E-state index is 12.3. The molecule has 0 fully saturated rings. The summed E-state index contributed by atoms with van der Waals surface area (Å²) in [5.74, 6) is -0.694. The number of hydrogen-bond acceptors (Lipinski definition) is 5. The van der Waals surface area contributed by atoms with E-state index in [9.17, 15) is 13.2 Å². The van der Waals surface area contributed by atoms with Gasteiger partial charge in [-0.25, -0.2) is 14.4 Å². The number of carbonyl (C=O) groups is 1. The molecule has 2 aromatic heterocycles. The largest absolute Gasteiger partial charge is 0.350 e. The number of anilines is 1. The van der Waals surface area contributed by atoms with Crippen molar-refractivity contribution >= 4 is 43.5 Å². The number of carbonyl (C=O) groups excluding carboxylic acids is 1. The minimum absolute atomic E-state index is 0.193. The lowest BCUT2D eigenvalue weighted by atomic mass is 10.2. The number of nitrogens with zero attached hydrogens (tertiary/aromatic N) is 2. The third kappa shape index (κ3) is 2.81. The molecule has 3 aromatic rings. The van der Waals surface area contributed by atoms with Gasteiger partial charge in [0.2, 0.25) is 0 Å². The van der Waals surface area contributed by atoms with E-state index in [1.165, 1.54) is 6.20 Å². The fourth-order valence-corrected chi connectivity index (χ4v) is 3.70. The predicted molar refractivity (Wildman–Crippen MR) is 85.0 cm³/mol. The van der Waals surface area contributed by atoms with Crippen molar-refractivity contribution < 1.29 is 13.2 Å². The van der Waals surface area contributed by atoms with Gasteiger partial charge in [-0.05, 0) is 6.07 Å². The molecule has 7 nitrogen and oxygen atoms in total. The average Bonchev–Trinajstić information content (AvgIpc) is 3.06. The summed E-state index contributed by atoms with van der Waals surface area (Å²) in [4.78, 5) is 16.1. The summed E-state index contributed by atoms with van der Waals surface area (Å²) in [5.41, 5.74) is 1.14. The number of nitrogens with one attached hydrogen (secondary N) is 2. The zero-order valence-electron chi connectivity index (χ0n) is 11.5. The second-order valence-electron chi connectivity index (χ2n) is 4.54. The Labute approximate surface area is 130 Å². The van der Waals surface area contributed by atoms with Crippen LogP contribution in [0.25, 0.3) is 10.9 Å². The maximum absolute atomic E-state index is 12.3. The second-order valence-corrected chi connectivity index (χ2v) is 6.85. The molecule has 0 aliphatic carbocycles. The Morgan fingerprint density at radius 3 is 2.82 bits per heavy atom. The molecule has 0 spiro atoms. The second kappa shape index (κ2) is 5.43. The van der Waals surface area contributed by atoms with Crippen molar-refractivity contribution in [2.75, 3.05) is 4.72 Å². The van der Waals surface area contributed by atoms with E-state index < -0.39 is 16.1 Å². The summed E-state index contributed by atoms with van der Waals surface area (Å²) >= 11 is 1.12. The lowest BCUT2D eigenvalue weighted by Gasteiger charge is -2.06. The zero-order valence-corrected chi connectivity index (χ0v) is 13.1. The molecular weight excluding hydrogens is 324 g/mol. The van der Waals surface area contributed by atoms with E-state index in [0.717, 1.165) is 16.9 Å². The van der Waals surface area contributed by atoms with Crippen LogP contribution in [0.1, 0.15) is 10.4 Å². The molecule has 2 N–H and O–H groups in total. The minimum Gasteiger partial charge on any atom is -0.350 e. The molecule has 22 heavy (non-hydrogen) atoms. The van der Waals surface area contributed by atoms with Crippen LogP contribution in [0, 0.1) is 0 Å². The molecule has 0 aliphatic rings. The topological polar surface area (TPSA) is 93.1 Å². The van der Waals surface area contributed by atoms with Gasteiger partial charge in [0, 0.05) is 35.7 Å². The van der Waals surface area contributed by atoms with Crippen molar-refractivity contribution in [3.8, 4) is 0 Å². The molecule has 0 saturated carbocycles. The molecular formula is C13H12N4O3S2. The summed E-state index contributed by atoms with van der Waals surface area (Å²) < 4.78 is 29.8. The van der Waals surface area contributed by atoms with Crippen LogP contribution in [0.2, 0.25) is 0 Å². The number of rotatable bonds is 4. The molecule has 0 unspecified atom stereocenters. The standard InChI is InChI=1S/C13H12N4O3S2/c1-17-8-10(9-4-2-3-5-11(9)17)12(18)15-22(19,20)16-13-14-6-7-21-13/h2-8H,1H3,(H,14,16)(H,15,18). The number of benzene rings is 1. The monoisotopic (exact) mass is 336 g/mol. The fourth-order valence-electron chi connectivity index (χ4n) is 2.11. The average molecular weight is 336 g/mol. The van der Waals surface area contributed by atoms with E-state index in [2.05, 4.69) is 9.71 Å². The van der Waals surface area contributed by atoms with E-state index in [1.54, 1.807) is 35.3 Å². The Balaban J connectivity index is 1.87. The van der Waals surface area contributed by atoms with Gasteiger partial charge in [-0.2, -0.15) is 8.42 Å². The summed E-state index contributed by atoms with van der Waals surface area (Å²) in [5, 5.41) is 2.51. The van der Waals surface area contributed by atoms with E-state index in [0.29, 0.717) is 10.9 Å². The van der Waals surface area contributed by atoms with Gasteiger partial charge < -0.3 is 4.57 Å². The molecule has 2 heterocycles. The van der Waals surface area contributed by atoms with Crippen LogP contribution < -0.4 is 9.44 Å². The van der Waals surface area contributed by atoms with Crippen molar-refractivity contribution in [1.29, 1.82) is 0 Å². The molecule has 114 valence electrons. The first-order chi connectivity index (χ1) is 10.5. The summed E-state index contributed by atoms with van der Waals surface area (Å²) in [6, 6.07) is 7.27. The van der Waals surface area contributed by atoms with Crippen LogP contribution in [0.3, 0.4) is 0 Å². The minimum atomic E-state index is -4.02. The number of aromatic nitrogens is 2. The van der Waals surface area contributed by atoms with E-state index >= 15 is 0 Å². The smallest absolute Gasteiger partial charge is 0.325 e. The Bertz CT molecular complexity index is 930. The molecule has 0 radical (unpaired) electrons. The zero-order chi connectivity index (χ0) is 15.7. The van der Waals surface area contributed by atoms with Gasteiger partial charge in [0.05, 0.1) is 5.56 Å². The highest BCUT2D eigenvalue weighted by molar-refractivity contribution is 7.91. The molecule has 9 heteroatoms. The highest BCUT2D eigenvalue weighted by Crippen LogP contribution is 2.20. The van der Waals surface area contributed by atoms with Crippen molar-refractivity contribution in [1.82, 2.24) is 14.3 Å². The van der Waals surface area contributed by atoms with Crippen LogP contribution in [-0.4, -0.2) is 23.9 Å². The molecule has 1 amide bonds. The quantitative estimate of drug-likeness (QED) is 0.759. The maximum Gasteiger partial charge on any atom is 0.325 e. The Morgan fingerprint density at radius 1 is 1.32 bits per heavy atom. The Morgan fingerprint density at radius 2 is 2.09 bits per heavy atom. The molecule has 1 aromatic carbocycles. The predicted octanol–water partition coefficient (Wildman–Crippen LogP) is 1.72. The molecule has 0 atom stereocenters. The number of hydrogen-bond donors (Lipinski definition) is 2. The normalized spacial score (nSPS) is 11.5. The van der Waals surface area contributed by atoms with Crippen LogP contribution in [0.4, 0.5) is 5.13 Å². The SMILES string of the molecule is Cn1cc(C(=O)NS(=O)(=O)Nc2nccs2)c2ccccc21. The molecule has 0 saturated heterocycles. The number of thiazole rings is 1. The lowest BCUT2D eigenvalue weighted by molar-refractivity contribution is 0.0983. The number of para-hydroxylation sites is 1. The lowest BCUT2D eigenvalue weighted by Crippen LogP contribution is -2.35. The van der Waals surface area contributed by atoms with Crippen LogP contribution in [-0.2, 0) is 17.3 Å². The van der Waals surface area contributed by atoms with Gasteiger partial charge in [-0.1, -0.05) is 18.2 Å². The first-order valence-electron chi connectivity index (χ1n) is 6.25. The third-order valence-electron chi connectivity index (χ3n) is 3.02. The highest BCUT2D eigenvalue weighted by Gasteiger charge is 2.20. The van der Waals surface area contributed by atoms with E-state index in [1.807, 2.05) is 16.9 Å². The van der Waals surface area contributed by atoms with Crippen molar-refractivity contribution in [2.45, 2.75) is 0 Å². The van der Waals surface area contributed by atoms with Crippen molar-refractivity contribution in [3.05, 3.63) is 47.6 Å². The van der Waals surface area contributed by atoms with Crippen LogP contribution >= 0.6 is 11.3 Å². The summed E-state index contributed by atoms with van der Waals surface area (Å²) in [6.07, 6.45) is 3.06. The molecule has 0 bridgehead atoms. The van der Waals surface area contributed by atoms with Crippen molar-refractivity contribution in [3.63, 3.8) is 0 Å². The summed E-state index contributed by atoms with van der Waals surface area (Å²) in [6.45, 7) is 0. The van der Waals surface area contributed by atoms with Crippen LogP contribution in [0.5, 0.6) is 0 Å². The molecule has 3 rings (SSSR count). The first-order valence-corrected chi connectivity index (χ1v) is 8.61. The van der Waals surface area contributed by atoms with Gasteiger partial charge in [-0.3, -0.25) is 4.79 Å². The molecule has 0 aliphatic heterocycles. The van der Waals surface area contributed by atoms with Crippen LogP contribution in [0.15, 0.2) is 42.0 Å². The summed E-state index contributed by atoms with van der Waals surface area (Å²) in [7, 11) is -2.23. The van der Waals surface area contributed by atoms with Gasteiger partial charge in [-0.15, -0.1) is 11.3 Å². The van der Waals surface area contributed by atoms with Gasteiger partial charge in [0.1, 0.15) is 0 Å². The fraction of sp³-hybridized carbons (Fsp3) is 0.0769. The Kier molecular flexibility index (Phi) is 3.59. The van der Waals surface area contributed by atoms with E-state index in [-0.39, 0.29) is 5.13 Å². The van der Waals surface area contributed by atoms with Gasteiger partial charge in [0.25, 0.3) is 5.91 Å².